The molecule has 0 amide bonds. The Balaban J connectivity index is 1.62. The molecule has 0 aliphatic carbocycles. The fourth-order valence-corrected chi connectivity index (χ4v) is 5.14. The second kappa shape index (κ2) is 10.3. The van der Waals surface area contributed by atoms with Gasteiger partial charge in [-0.05, 0) is 64.6 Å². The third-order valence-electron chi connectivity index (χ3n) is 6.73. The van der Waals surface area contributed by atoms with Crippen LogP contribution in [0.3, 0.4) is 0 Å². The Labute approximate surface area is 217 Å². The Morgan fingerprint density at radius 1 is 0.714 bits per heavy atom. The number of nitrogens with zero attached hydrogens (tertiary/aromatic N) is 2. The summed E-state index contributed by atoms with van der Waals surface area (Å²) in [6.45, 7) is 5.35. The lowest BCUT2D eigenvalue weighted by molar-refractivity contribution is 0.588. The van der Waals surface area contributed by atoms with Crippen LogP contribution in [0.2, 0.25) is 10.0 Å². The molecular weight excluding hydrogens is 471 g/mol. The van der Waals surface area contributed by atoms with E-state index in [2.05, 4.69) is 91.2 Å². The number of aromatic nitrogens is 2. The van der Waals surface area contributed by atoms with Crippen LogP contribution < -0.4 is 0 Å². The summed E-state index contributed by atoms with van der Waals surface area (Å²) in [7, 11) is 0. The lowest BCUT2D eigenvalue weighted by Gasteiger charge is -2.20. The summed E-state index contributed by atoms with van der Waals surface area (Å²) in [4.78, 5) is 4.98. The second-order valence-corrected chi connectivity index (χ2v) is 9.96. The molecule has 0 bridgehead atoms. The van der Waals surface area contributed by atoms with Gasteiger partial charge in [-0.1, -0.05) is 97.7 Å². The molecule has 4 heteroatoms. The minimum absolute atomic E-state index is 0.0638. The van der Waals surface area contributed by atoms with Gasteiger partial charge in [0.25, 0.3) is 0 Å². The van der Waals surface area contributed by atoms with Gasteiger partial charge in [0.2, 0.25) is 0 Å². The lowest BCUT2D eigenvalue weighted by atomic mass is 9.85. The molecule has 5 rings (SSSR count). The Morgan fingerprint density at radius 2 is 1.29 bits per heavy atom. The van der Waals surface area contributed by atoms with E-state index in [0.29, 0.717) is 5.92 Å². The van der Waals surface area contributed by atoms with E-state index in [4.69, 9.17) is 28.2 Å². The standard InChI is InChI=1S/C31H28Cl2N2/c1-3-30-34-28-18-13-25(19-29(28)35(30)20-21(2)22-7-5-4-6-8-22)31(23-9-14-26(32)15-10-23)24-11-16-27(33)17-12-24/h4-19,21,31H,3,20H2,1-2H3/t21-/m1/s1. The molecule has 35 heavy (non-hydrogen) atoms. The molecule has 4 aromatic carbocycles. The number of aryl methyl sites for hydroxylation is 1. The van der Waals surface area contributed by atoms with Gasteiger partial charge in [-0.3, -0.25) is 0 Å². The first-order valence-electron chi connectivity index (χ1n) is 12.1. The van der Waals surface area contributed by atoms with Crippen LogP contribution in [-0.4, -0.2) is 9.55 Å². The second-order valence-electron chi connectivity index (χ2n) is 9.09. The molecule has 0 fully saturated rings. The van der Waals surface area contributed by atoms with Crippen molar-refractivity contribution in [1.82, 2.24) is 9.55 Å². The van der Waals surface area contributed by atoms with Gasteiger partial charge in [0.1, 0.15) is 5.82 Å². The zero-order valence-corrected chi connectivity index (χ0v) is 21.5. The maximum Gasteiger partial charge on any atom is 0.109 e. The molecule has 1 heterocycles. The molecule has 1 aromatic heterocycles. The highest BCUT2D eigenvalue weighted by Crippen LogP contribution is 2.35. The number of imidazole rings is 1. The number of benzene rings is 4. The minimum Gasteiger partial charge on any atom is -0.327 e. The highest BCUT2D eigenvalue weighted by atomic mass is 35.5. The van der Waals surface area contributed by atoms with E-state index in [1.807, 2.05) is 24.3 Å². The molecule has 1 atom stereocenters. The van der Waals surface area contributed by atoms with Crippen molar-refractivity contribution in [3.05, 3.63) is 135 Å². The van der Waals surface area contributed by atoms with Crippen molar-refractivity contribution < 1.29 is 0 Å². The smallest absolute Gasteiger partial charge is 0.109 e. The van der Waals surface area contributed by atoms with Gasteiger partial charge in [-0.2, -0.15) is 0 Å². The van der Waals surface area contributed by atoms with E-state index in [1.165, 1.54) is 27.8 Å². The van der Waals surface area contributed by atoms with Crippen molar-refractivity contribution in [1.29, 1.82) is 0 Å². The predicted octanol–water partition coefficient (Wildman–Crippen LogP) is 8.89. The van der Waals surface area contributed by atoms with Crippen LogP contribution in [0.4, 0.5) is 0 Å². The number of rotatable bonds is 7. The van der Waals surface area contributed by atoms with E-state index in [1.54, 1.807) is 0 Å². The molecule has 0 aliphatic rings. The SMILES string of the molecule is CCc1nc2ccc(C(c3ccc(Cl)cc3)c3ccc(Cl)cc3)cc2n1C[C@@H](C)c1ccccc1. The number of hydrogen-bond acceptors (Lipinski definition) is 1. The molecule has 0 saturated carbocycles. The van der Waals surface area contributed by atoms with Crippen molar-refractivity contribution >= 4 is 34.2 Å². The zero-order chi connectivity index (χ0) is 24.4. The first kappa shape index (κ1) is 23.7. The summed E-state index contributed by atoms with van der Waals surface area (Å²) in [5.74, 6) is 1.56. The van der Waals surface area contributed by atoms with Gasteiger partial charge < -0.3 is 4.57 Å². The summed E-state index contributed by atoms with van der Waals surface area (Å²) in [6, 6.07) is 33.6. The molecule has 0 spiro atoms. The van der Waals surface area contributed by atoms with E-state index in [0.717, 1.165) is 34.4 Å². The summed E-state index contributed by atoms with van der Waals surface area (Å²) in [6.07, 6.45) is 0.892. The fraction of sp³-hybridized carbons (Fsp3) is 0.194. The Hall–Kier alpha value is -3.07. The largest absolute Gasteiger partial charge is 0.327 e. The predicted molar refractivity (Wildman–Crippen MR) is 148 cm³/mol. The Bertz CT molecular complexity index is 1380. The summed E-state index contributed by atoms with van der Waals surface area (Å²) < 4.78 is 2.40. The third-order valence-corrected chi connectivity index (χ3v) is 7.24. The van der Waals surface area contributed by atoms with Gasteiger partial charge in [-0.25, -0.2) is 4.98 Å². The molecule has 2 nitrogen and oxygen atoms in total. The highest BCUT2D eigenvalue weighted by Gasteiger charge is 2.20. The average Bonchev–Trinajstić information content (AvgIpc) is 3.23. The molecule has 0 radical (unpaired) electrons. The van der Waals surface area contributed by atoms with Crippen LogP contribution in [0.15, 0.2) is 97.1 Å². The number of halogens is 2. The Kier molecular flexibility index (Phi) is 6.95. The topological polar surface area (TPSA) is 17.8 Å². The van der Waals surface area contributed by atoms with Crippen LogP contribution in [0.1, 0.15) is 53.8 Å². The number of fused-ring (bicyclic) bond motifs is 1. The summed E-state index contributed by atoms with van der Waals surface area (Å²) in [5, 5.41) is 1.47. The van der Waals surface area contributed by atoms with Crippen LogP contribution in [0.25, 0.3) is 11.0 Å². The maximum atomic E-state index is 6.22. The van der Waals surface area contributed by atoms with Crippen molar-refractivity contribution in [2.45, 2.75) is 38.6 Å². The normalized spacial score (nSPS) is 12.4. The zero-order valence-electron chi connectivity index (χ0n) is 20.0. The molecule has 0 saturated heterocycles. The monoisotopic (exact) mass is 498 g/mol. The fourth-order valence-electron chi connectivity index (χ4n) is 4.89. The van der Waals surface area contributed by atoms with E-state index < -0.39 is 0 Å². The van der Waals surface area contributed by atoms with Gasteiger partial charge in [0.15, 0.2) is 0 Å². The van der Waals surface area contributed by atoms with Gasteiger partial charge in [0, 0.05) is 28.9 Å². The maximum absolute atomic E-state index is 6.22. The van der Waals surface area contributed by atoms with Crippen LogP contribution >= 0.6 is 23.2 Å². The van der Waals surface area contributed by atoms with Gasteiger partial charge in [0.05, 0.1) is 11.0 Å². The van der Waals surface area contributed by atoms with Crippen LogP contribution in [0.5, 0.6) is 0 Å². The first-order valence-corrected chi connectivity index (χ1v) is 12.8. The molecule has 5 aromatic rings. The van der Waals surface area contributed by atoms with Crippen molar-refractivity contribution in [2.75, 3.05) is 0 Å². The van der Waals surface area contributed by atoms with E-state index in [-0.39, 0.29) is 5.92 Å². The van der Waals surface area contributed by atoms with Crippen LogP contribution in [0, 0.1) is 0 Å². The van der Waals surface area contributed by atoms with Crippen molar-refractivity contribution in [2.24, 2.45) is 0 Å². The molecule has 0 N–H and O–H groups in total. The quantitative estimate of drug-likeness (QED) is 0.205. The van der Waals surface area contributed by atoms with E-state index >= 15 is 0 Å². The van der Waals surface area contributed by atoms with Crippen molar-refractivity contribution in [3.63, 3.8) is 0 Å². The molecular formula is C31H28Cl2N2. The molecule has 176 valence electrons. The molecule has 0 aliphatic heterocycles. The van der Waals surface area contributed by atoms with E-state index in [9.17, 15) is 0 Å². The van der Waals surface area contributed by atoms with Gasteiger partial charge >= 0.3 is 0 Å². The highest BCUT2D eigenvalue weighted by molar-refractivity contribution is 6.30. The third kappa shape index (κ3) is 5.00. The molecule has 0 unspecified atom stereocenters. The van der Waals surface area contributed by atoms with Crippen LogP contribution in [-0.2, 0) is 13.0 Å². The minimum atomic E-state index is 0.0638. The van der Waals surface area contributed by atoms with Gasteiger partial charge in [-0.15, -0.1) is 0 Å². The average molecular weight is 499 g/mol. The number of hydrogen-bond donors (Lipinski definition) is 0. The first-order chi connectivity index (χ1) is 17.0. The summed E-state index contributed by atoms with van der Waals surface area (Å²) >= 11 is 12.4. The Morgan fingerprint density at radius 3 is 1.86 bits per heavy atom. The lowest BCUT2D eigenvalue weighted by Crippen LogP contribution is -2.10. The summed E-state index contributed by atoms with van der Waals surface area (Å²) in [5.41, 5.74) is 7.16. The van der Waals surface area contributed by atoms with Crippen molar-refractivity contribution in [3.8, 4) is 0 Å².